The zero-order valence-corrected chi connectivity index (χ0v) is 26.7. The number of alkyl halides is 3. The van der Waals surface area contributed by atoms with Crippen LogP contribution in [-0.2, 0) is 12.7 Å². The molecule has 2 amide bonds. The molecule has 1 N–H and O–H groups in total. The average molecular weight is 676 g/mol. The van der Waals surface area contributed by atoms with Gasteiger partial charge in [-0.25, -0.2) is 0 Å². The molecule has 0 spiro atoms. The van der Waals surface area contributed by atoms with Gasteiger partial charge in [0.1, 0.15) is 0 Å². The van der Waals surface area contributed by atoms with Gasteiger partial charge in [-0.05, 0) is 66.9 Å². The third-order valence-corrected chi connectivity index (χ3v) is 9.84. The zero-order chi connectivity index (χ0) is 33.6. The second-order valence-corrected chi connectivity index (χ2v) is 13.0. The Bertz CT molecular complexity index is 1940. The molecule has 7 rings (SSSR count). The molecule has 2 bridgehead atoms. The average Bonchev–Trinajstić information content (AvgIpc) is 3.08. The summed E-state index contributed by atoms with van der Waals surface area (Å²) in [6.07, 6.45) is -3.68. The third-order valence-electron chi connectivity index (χ3n) is 9.52. The van der Waals surface area contributed by atoms with E-state index in [-0.39, 0.29) is 28.9 Å². The highest BCUT2D eigenvalue weighted by Crippen LogP contribution is 2.40. The van der Waals surface area contributed by atoms with Gasteiger partial charge >= 0.3 is 6.18 Å². The number of carbonyl (C=O) groups is 2. The van der Waals surface area contributed by atoms with Gasteiger partial charge in [0.2, 0.25) is 0 Å². The Hall–Kier alpha value is -4.77. The van der Waals surface area contributed by atoms with Gasteiger partial charge in [-0.2, -0.15) is 13.2 Å². The van der Waals surface area contributed by atoms with E-state index in [1.807, 2.05) is 34.9 Å². The predicted molar refractivity (Wildman–Crippen MR) is 179 cm³/mol. The Morgan fingerprint density at radius 3 is 2.31 bits per heavy atom. The van der Waals surface area contributed by atoms with Gasteiger partial charge in [0, 0.05) is 74.6 Å². The summed E-state index contributed by atoms with van der Waals surface area (Å²) in [7, 11) is 0. The van der Waals surface area contributed by atoms with Gasteiger partial charge in [0.25, 0.3) is 17.4 Å². The number of pyridine rings is 1. The summed E-state index contributed by atoms with van der Waals surface area (Å²) in [6, 6.07) is 22.3. The topological polar surface area (TPSA) is 77.9 Å². The van der Waals surface area contributed by atoms with Crippen LogP contribution in [0.1, 0.15) is 44.3 Å². The lowest BCUT2D eigenvalue weighted by Crippen LogP contribution is -2.49. The second kappa shape index (κ2) is 12.7. The van der Waals surface area contributed by atoms with Crippen LogP contribution in [0, 0.1) is 5.92 Å². The number of benzene rings is 3. The summed E-state index contributed by atoms with van der Waals surface area (Å²) in [5.41, 5.74) is 2.13. The Morgan fingerprint density at radius 2 is 1.54 bits per heavy atom. The Morgan fingerprint density at radius 1 is 0.771 bits per heavy atom. The number of hydrogen-bond acceptors (Lipinski definition) is 5. The molecular formula is C36H33ClF3N5O3. The van der Waals surface area contributed by atoms with Crippen molar-refractivity contribution in [3.8, 4) is 0 Å². The second-order valence-electron chi connectivity index (χ2n) is 12.6. The number of aromatic nitrogens is 1. The number of amides is 2. The van der Waals surface area contributed by atoms with Crippen molar-refractivity contribution in [2.75, 3.05) is 54.4 Å². The minimum absolute atomic E-state index is 0.0275. The molecule has 2 fully saturated rings. The fourth-order valence-corrected chi connectivity index (χ4v) is 7.47. The van der Waals surface area contributed by atoms with Crippen molar-refractivity contribution in [2.24, 2.45) is 5.92 Å². The van der Waals surface area contributed by atoms with Gasteiger partial charge in [0.05, 0.1) is 27.6 Å². The molecule has 0 saturated carbocycles. The van der Waals surface area contributed by atoms with Crippen LogP contribution in [0.4, 0.5) is 30.2 Å². The lowest BCUT2D eigenvalue weighted by Gasteiger charge is -2.44. The summed E-state index contributed by atoms with van der Waals surface area (Å²) < 4.78 is 42.2. The smallest absolute Gasteiger partial charge is 0.369 e. The van der Waals surface area contributed by atoms with Gasteiger partial charge < -0.3 is 24.6 Å². The van der Waals surface area contributed by atoms with E-state index >= 15 is 0 Å². The number of para-hydroxylation sites is 1. The van der Waals surface area contributed by atoms with E-state index in [1.165, 1.54) is 12.1 Å². The van der Waals surface area contributed by atoms with Gasteiger partial charge in [-0.15, -0.1) is 0 Å². The first kappa shape index (κ1) is 31.8. The molecule has 4 aromatic rings. The Labute approximate surface area is 280 Å². The first-order chi connectivity index (χ1) is 23.0. The SMILES string of the molecule is O=C(Nc1cc(C(=O)N2CCN(c3ccccc3Cl)CC2)ccc1N1CC2CC(C1)c1cccc(=O)n1C2)c1cccc(C(F)(F)F)c1. The minimum atomic E-state index is -4.60. The summed E-state index contributed by atoms with van der Waals surface area (Å²) in [5, 5.41) is 3.48. The number of hydrogen-bond donors (Lipinski definition) is 1. The van der Waals surface area contributed by atoms with E-state index in [4.69, 9.17) is 11.6 Å². The summed E-state index contributed by atoms with van der Waals surface area (Å²) >= 11 is 6.40. The maximum atomic E-state index is 13.8. The molecule has 3 aromatic carbocycles. The molecule has 3 aliphatic rings. The van der Waals surface area contributed by atoms with E-state index in [9.17, 15) is 27.6 Å². The van der Waals surface area contributed by atoms with Crippen molar-refractivity contribution in [1.29, 1.82) is 0 Å². The summed E-state index contributed by atoms with van der Waals surface area (Å²) in [5.74, 6) is -0.665. The largest absolute Gasteiger partial charge is 0.416 e. The molecule has 3 aliphatic heterocycles. The number of nitrogens with one attached hydrogen (secondary N) is 1. The minimum Gasteiger partial charge on any atom is -0.369 e. The zero-order valence-electron chi connectivity index (χ0n) is 25.9. The summed E-state index contributed by atoms with van der Waals surface area (Å²) in [6.45, 7) is 3.87. The predicted octanol–water partition coefficient (Wildman–Crippen LogP) is 6.36. The van der Waals surface area contributed by atoms with Crippen LogP contribution < -0.4 is 20.7 Å². The maximum absolute atomic E-state index is 13.8. The summed E-state index contributed by atoms with van der Waals surface area (Å²) in [4.78, 5) is 45.8. The van der Waals surface area contributed by atoms with Crippen LogP contribution in [0.5, 0.6) is 0 Å². The quantitative estimate of drug-likeness (QED) is 0.267. The van der Waals surface area contributed by atoms with E-state index in [1.54, 1.807) is 35.2 Å². The molecule has 8 nitrogen and oxygen atoms in total. The number of carbonyl (C=O) groups excluding carboxylic acids is 2. The van der Waals surface area contributed by atoms with E-state index in [0.717, 1.165) is 29.9 Å². The van der Waals surface area contributed by atoms with Crippen LogP contribution in [0.25, 0.3) is 0 Å². The molecular weight excluding hydrogens is 643 g/mol. The molecule has 12 heteroatoms. The van der Waals surface area contributed by atoms with Gasteiger partial charge in [0.15, 0.2) is 0 Å². The van der Waals surface area contributed by atoms with Crippen molar-refractivity contribution < 1.29 is 22.8 Å². The van der Waals surface area contributed by atoms with Crippen LogP contribution in [0.3, 0.4) is 0 Å². The Kier molecular flexibility index (Phi) is 8.41. The number of piperazine rings is 1. The van der Waals surface area contributed by atoms with Crippen molar-refractivity contribution in [3.05, 3.63) is 123 Å². The van der Waals surface area contributed by atoms with E-state index < -0.39 is 17.6 Å². The third kappa shape index (κ3) is 6.26. The fraction of sp³-hybridized carbons (Fsp3) is 0.306. The van der Waals surface area contributed by atoms with Gasteiger partial charge in [-0.1, -0.05) is 35.9 Å². The molecule has 4 heterocycles. The van der Waals surface area contributed by atoms with Crippen LogP contribution in [0.2, 0.25) is 5.02 Å². The maximum Gasteiger partial charge on any atom is 0.416 e. The molecule has 2 atom stereocenters. The number of halogens is 4. The van der Waals surface area contributed by atoms with Crippen LogP contribution in [-0.4, -0.2) is 60.5 Å². The highest BCUT2D eigenvalue weighted by molar-refractivity contribution is 6.33. The molecule has 0 aliphatic carbocycles. The highest BCUT2D eigenvalue weighted by atomic mass is 35.5. The van der Waals surface area contributed by atoms with Crippen molar-refractivity contribution in [2.45, 2.75) is 25.1 Å². The standard InChI is InChI=1S/C36H33ClF3N5O3/c37-28-7-1-2-8-31(28)42-13-15-43(16-14-42)35(48)25-11-12-32(29(19-25)41-34(47)24-5-3-6-27(18-24)36(38,39)40)44-20-23-17-26(22-44)30-9-4-10-33(46)45(30)21-23/h1-12,18-19,23,26H,13-17,20-22H2,(H,41,47). The monoisotopic (exact) mass is 675 g/mol. The van der Waals surface area contributed by atoms with Crippen molar-refractivity contribution in [1.82, 2.24) is 9.47 Å². The van der Waals surface area contributed by atoms with Gasteiger partial charge in [-0.3, -0.25) is 14.4 Å². The number of nitrogens with zero attached hydrogens (tertiary/aromatic N) is 4. The molecule has 0 radical (unpaired) electrons. The lowest BCUT2D eigenvalue weighted by molar-refractivity contribution is -0.137. The first-order valence-electron chi connectivity index (χ1n) is 15.9. The van der Waals surface area contributed by atoms with Crippen LogP contribution in [0.15, 0.2) is 89.7 Å². The molecule has 248 valence electrons. The molecule has 1 aromatic heterocycles. The van der Waals surface area contributed by atoms with Crippen molar-refractivity contribution >= 4 is 40.5 Å². The van der Waals surface area contributed by atoms with Crippen molar-refractivity contribution in [3.63, 3.8) is 0 Å². The number of anilines is 3. The molecule has 48 heavy (non-hydrogen) atoms. The normalized spacial score (nSPS) is 19.1. The molecule has 2 unspecified atom stereocenters. The first-order valence-corrected chi connectivity index (χ1v) is 16.3. The number of fused-ring (bicyclic) bond motifs is 4. The van der Waals surface area contributed by atoms with E-state index in [0.29, 0.717) is 67.8 Å². The fourth-order valence-electron chi connectivity index (χ4n) is 7.21. The molecule has 2 saturated heterocycles. The lowest BCUT2D eigenvalue weighted by atomic mass is 9.83. The van der Waals surface area contributed by atoms with Crippen LogP contribution >= 0.6 is 11.6 Å². The van der Waals surface area contributed by atoms with E-state index in [2.05, 4.69) is 15.1 Å². The number of rotatable bonds is 5. The Balaban J connectivity index is 1.17. The highest BCUT2D eigenvalue weighted by Gasteiger charge is 2.36. The number of piperidine rings is 1.